The van der Waals surface area contributed by atoms with Crippen molar-refractivity contribution >= 4 is 16.9 Å². The number of aliphatic hydroxyl groups is 2. The van der Waals surface area contributed by atoms with Crippen LogP contribution in [0.1, 0.15) is 87.0 Å². The Morgan fingerprint density at radius 3 is 2.42 bits per heavy atom. The van der Waals surface area contributed by atoms with Crippen LogP contribution in [0.15, 0.2) is 83.7 Å². The lowest BCUT2D eigenvalue weighted by atomic mass is 9.73. The number of piperidine rings is 1. The first kappa shape index (κ1) is 38.5. The van der Waals surface area contributed by atoms with Crippen molar-refractivity contribution in [2.75, 3.05) is 39.4 Å². The highest BCUT2D eigenvalue weighted by atomic mass is 16.5. The van der Waals surface area contributed by atoms with Gasteiger partial charge in [0.25, 0.3) is 0 Å². The molecule has 1 aliphatic carbocycles. The molecule has 2 heterocycles. The average Bonchev–Trinajstić information content (AvgIpc) is 3.19. The van der Waals surface area contributed by atoms with E-state index >= 15 is 0 Å². The lowest BCUT2D eigenvalue weighted by Gasteiger charge is -2.37. The average molecular weight is 726 g/mol. The molecular weight excluding hydrogens is 670 g/mol. The molecule has 0 bridgehead atoms. The molecule has 10 nitrogen and oxygen atoms in total. The van der Waals surface area contributed by atoms with Crippen LogP contribution in [0.25, 0.3) is 10.9 Å². The van der Waals surface area contributed by atoms with E-state index in [-0.39, 0.29) is 17.2 Å². The SMILES string of the molecule is O=C(OCC1CCN(Cc2ccc(OCCCCCNCC(O)c3ccc(O)c4[nH]c(=O)ccc34)cc2)CC1)C(O)(c1ccccc1)C1CCCCC1. The van der Waals surface area contributed by atoms with Gasteiger partial charge in [-0.1, -0.05) is 67.8 Å². The number of nitrogens with one attached hydrogen (secondary N) is 2. The third kappa shape index (κ3) is 10.1. The number of aromatic nitrogens is 1. The van der Waals surface area contributed by atoms with E-state index in [1.807, 2.05) is 42.5 Å². The minimum atomic E-state index is -1.58. The number of rotatable bonds is 17. The number of phenols is 1. The fourth-order valence-corrected chi connectivity index (χ4v) is 7.91. The zero-order valence-corrected chi connectivity index (χ0v) is 30.7. The molecule has 5 N–H and O–H groups in total. The van der Waals surface area contributed by atoms with E-state index in [1.165, 1.54) is 17.7 Å². The standard InChI is InChI=1S/C43H55N3O7/c47-38-20-18-36(37-19-21-40(49)45-41(37)38)39(48)28-44-24-8-3-9-27-52-35-16-14-31(15-17-35)29-46-25-22-32(23-26-46)30-53-42(50)43(51,33-10-4-1-5-11-33)34-12-6-2-7-13-34/h1,4-5,10-11,14-21,32,34,39,44,47-48,51H,2-3,6-9,12-13,22-30H2,(H,45,49). The van der Waals surface area contributed by atoms with Gasteiger partial charge in [0.1, 0.15) is 11.5 Å². The number of aliphatic hydroxyl groups excluding tert-OH is 1. The van der Waals surface area contributed by atoms with Crippen LogP contribution >= 0.6 is 0 Å². The topological polar surface area (TPSA) is 144 Å². The van der Waals surface area contributed by atoms with Gasteiger partial charge in [0.05, 0.1) is 24.8 Å². The van der Waals surface area contributed by atoms with Crippen LogP contribution in [-0.4, -0.2) is 70.6 Å². The number of nitrogens with zero attached hydrogens (tertiary/aromatic N) is 1. The van der Waals surface area contributed by atoms with E-state index in [0.717, 1.165) is 96.1 Å². The molecule has 2 atom stereocenters. The number of esters is 1. The number of hydrogen-bond donors (Lipinski definition) is 5. The number of carbonyl (C=O) groups excluding carboxylic acids is 1. The first-order chi connectivity index (χ1) is 25.8. The van der Waals surface area contributed by atoms with Crippen molar-refractivity contribution in [1.82, 2.24) is 15.2 Å². The monoisotopic (exact) mass is 725 g/mol. The molecule has 0 spiro atoms. The highest BCUT2D eigenvalue weighted by Gasteiger charge is 2.47. The predicted octanol–water partition coefficient (Wildman–Crippen LogP) is 6.33. The Balaban J connectivity index is 0.843. The number of carbonyl (C=O) groups is 1. The predicted molar refractivity (Wildman–Crippen MR) is 206 cm³/mol. The summed E-state index contributed by atoms with van der Waals surface area (Å²) in [7, 11) is 0. The highest BCUT2D eigenvalue weighted by molar-refractivity contribution is 5.87. The van der Waals surface area contributed by atoms with Crippen molar-refractivity contribution in [3.8, 4) is 11.5 Å². The Morgan fingerprint density at radius 1 is 0.906 bits per heavy atom. The fraction of sp³-hybridized carbons (Fsp3) is 0.488. The van der Waals surface area contributed by atoms with Crippen molar-refractivity contribution in [2.45, 2.75) is 82.5 Å². The number of pyridine rings is 1. The molecule has 2 fully saturated rings. The Morgan fingerprint density at radius 2 is 1.66 bits per heavy atom. The summed E-state index contributed by atoms with van der Waals surface area (Å²) < 4.78 is 11.9. The first-order valence-corrected chi connectivity index (χ1v) is 19.4. The Hall–Kier alpha value is -4.22. The van der Waals surface area contributed by atoms with Gasteiger partial charge in [0.15, 0.2) is 5.60 Å². The van der Waals surface area contributed by atoms with Gasteiger partial charge in [-0.2, -0.15) is 0 Å². The summed E-state index contributed by atoms with van der Waals surface area (Å²) in [5.74, 6) is 0.534. The van der Waals surface area contributed by atoms with E-state index in [2.05, 4.69) is 27.3 Å². The molecule has 2 unspecified atom stereocenters. The van der Waals surface area contributed by atoms with Gasteiger partial charge in [0.2, 0.25) is 5.56 Å². The molecule has 4 aromatic rings. The van der Waals surface area contributed by atoms with Crippen LogP contribution in [0.2, 0.25) is 0 Å². The molecule has 284 valence electrons. The smallest absolute Gasteiger partial charge is 0.343 e. The molecule has 1 saturated carbocycles. The maximum absolute atomic E-state index is 13.5. The van der Waals surface area contributed by atoms with E-state index in [1.54, 1.807) is 12.1 Å². The number of phenolic OH excluding ortho intramolecular Hbond substituents is 1. The van der Waals surface area contributed by atoms with Gasteiger partial charge in [-0.15, -0.1) is 0 Å². The van der Waals surface area contributed by atoms with Gasteiger partial charge in [-0.3, -0.25) is 9.69 Å². The number of unbranched alkanes of at least 4 members (excludes halogenated alkanes) is 2. The maximum atomic E-state index is 13.5. The molecule has 6 rings (SSSR count). The van der Waals surface area contributed by atoms with Gasteiger partial charge in [-0.25, -0.2) is 4.79 Å². The number of aromatic hydroxyl groups is 1. The van der Waals surface area contributed by atoms with Crippen molar-refractivity contribution in [3.05, 3.63) is 106 Å². The fourth-order valence-electron chi connectivity index (χ4n) is 7.91. The molecule has 3 aromatic carbocycles. The quantitative estimate of drug-likeness (QED) is 0.0623. The van der Waals surface area contributed by atoms with Gasteiger partial charge < -0.3 is 35.1 Å². The minimum absolute atomic E-state index is 0.0189. The summed E-state index contributed by atoms with van der Waals surface area (Å²) >= 11 is 0. The maximum Gasteiger partial charge on any atom is 0.343 e. The van der Waals surface area contributed by atoms with Crippen molar-refractivity contribution in [1.29, 1.82) is 0 Å². The third-order valence-electron chi connectivity index (χ3n) is 11.1. The number of aromatic amines is 1. The van der Waals surface area contributed by atoms with Gasteiger partial charge in [-0.05, 0) is 111 Å². The number of hydrogen-bond acceptors (Lipinski definition) is 9. The summed E-state index contributed by atoms with van der Waals surface area (Å²) in [4.78, 5) is 30.2. The van der Waals surface area contributed by atoms with Crippen molar-refractivity contribution < 1.29 is 29.6 Å². The Kier molecular flexibility index (Phi) is 13.6. The number of likely N-dealkylation sites (tertiary alicyclic amines) is 1. The zero-order valence-electron chi connectivity index (χ0n) is 30.7. The molecule has 1 aliphatic heterocycles. The number of ether oxygens (including phenoxy) is 2. The Labute approximate surface area is 312 Å². The van der Waals surface area contributed by atoms with Gasteiger partial charge >= 0.3 is 5.97 Å². The summed E-state index contributed by atoms with van der Waals surface area (Å²) in [5.41, 5.74) is 0.992. The Bertz CT molecular complexity index is 1800. The van der Waals surface area contributed by atoms with E-state index in [0.29, 0.717) is 47.7 Å². The lowest BCUT2D eigenvalue weighted by Crippen LogP contribution is -2.46. The molecule has 0 amide bonds. The molecule has 1 aromatic heterocycles. The first-order valence-electron chi connectivity index (χ1n) is 19.4. The molecular formula is C43H55N3O7. The second-order valence-corrected chi connectivity index (χ2v) is 14.8. The molecule has 10 heteroatoms. The highest BCUT2D eigenvalue weighted by Crippen LogP contribution is 2.40. The van der Waals surface area contributed by atoms with Crippen LogP contribution in [0.4, 0.5) is 0 Å². The minimum Gasteiger partial charge on any atom is -0.506 e. The molecule has 0 radical (unpaired) electrons. The second kappa shape index (κ2) is 18.7. The van der Waals surface area contributed by atoms with Crippen molar-refractivity contribution in [2.24, 2.45) is 11.8 Å². The van der Waals surface area contributed by atoms with Crippen LogP contribution < -0.4 is 15.6 Å². The largest absolute Gasteiger partial charge is 0.506 e. The van der Waals surface area contributed by atoms with E-state index in [4.69, 9.17) is 9.47 Å². The molecule has 53 heavy (non-hydrogen) atoms. The summed E-state index contributed by atoms with van der Waals surface area (Å²) in [6, 6.07) is 23.9. The molecule has 2 aliphatic rings. The second-order valence-electron chi connectivity index (χ2n) is 14.8. The van der Waals surface area contributed by atoms with Crippen LogP contribution in [0.3, 0.4) is 0 Å². The lowest BCUT2D eigenvalue weighted by molar-refractivity contribution is -0.177. The zero-order chi connectivity index (χ0) is 37.0. The third-order valence-corrected chi connectivity index (χ3v) is 11.1. The van der Waals surface area contributed by atoms with Gasteiger partial charge in [0, 0.05) is 30.5 Å². The summed E-state index contributed by atoms with van der Waals surface area (Å²) in [5, 5.41) is 36.5. The van der Waals surface area contributed by atoms with Crippen LogP contribution in [0, 0.1) is 11.8 Å². The van der Waals surface area contributed by atoms with Crippen molar-refractivity contribution in [3.63, 3.8) is 0 Å². The van der Waals surface area contributed by atoms with E-state index in [9.17, 15) is 24.9 Å². The number of benzene rings is 3. The normalized spacial score (nSPS) is 17.7. The van der Waals surface area contributed by atoms with E-state index < -0.39 is 17.7 Å². The number of fused-ring (bicyclic) bond motifs is 1. The van der Waals surface area contributed by atoms with Crippen LogP contribution in [-0.2, 0) is 21.7 Å². The molecule has 1 saturated heterocycles. The summed E-state index contributed by atoms with van der Waals surface area (Å²) in [6.45, 7) is 4.87. The number of H-pyrrole nitrogens is 1. The van der Waals surface area contributed by atoms with Crippen LogP contribution in [0.5, 0.6) is 11.5 Å². The summed E-state index contributed by atoms with van der Waals surface area (Å²) in [6.07, 6.45) is 8.92.